The Bertz CT molecular complexity index is 1060. The predicted octanol–water partition coefficient (Wildman–Crippen LogP) is 3.24. The number of guanidine groups is 1. The van der Waals surface area contributed by atoms with Crippen LogP contribution >= 0.6 is 0 Å². The van der Waals surface area contributed by atoms with Crippen LogP contribution in [0.2, 0.25) is 0 Å². The first-order chi connectivity index (χ1) is 16.1. The van der Waals surface area contributed by atoms with Crippen molar-refractivity contribution in [1.82, 2.24) is 15.0 Å². The second-order valence-corrected chi connectivity index (χ2v) is 8.40. The summed E-state index contributed by atoms with van der Waals surface area (Å²) in [5.74, 6) is 0.545. The lowest BCUT2D eigenvalue weighted by Crippen LogP contribution is -2.45. The molecule has 0 saturated carbocycles. The van der Waals surface area contributed by atoms with E-state index >= 15 is 0 Å². The molecule has 0 amide bonds. The van der Waals surface area contributed by atoms with E-state index in [0.717, 1.165) is 49.5 Å². The summed E-state index contributed by atoms with van der Waals surface area (Å²) in [7, 11) is 2.14. The first-order valence-corrected chi connectivity index (χ1v) is 11.3. The number of hydrogen-bond donors (Lipinski definition) is 2. The summed E-state index contributed by atoms with van der Waals surface area (Å²) in [5, 5.41) is 7.03. The molecule has 2 heterocycles. The number of aromatic nitrogens is 1. The summed E-state index contributed by atoms with van der Waals surface area (Å²) in [6.07, 6.45) is 1.29. The molecule has 33 heavy (non-hydrogen) atoms. The van der Waals surface area contributed by atoms with Gasteiger partial charge in [-0.3, -0.25) is 15.2 Å². The maximum absolute atomic E-state index is 14.6. The number of likely N-dealkylation sites (N-methyl/N-ethyl adjacent to an activating group) is 1. The molecule has 1 fully saturated rings. The molecule has 7 nitrogen and oxygen atoms in total. The van der Waals surface area contributed by atoms with Crippen LogP contribution in [0.3, 0.4) is 0 Å². The highest BCUT2D eigenvalue weighted by atomic mass is 19.1. The maximum atomic E-state index is 14.6. The molecule has 0 spiro atoms. The number of aryl methyl sites for hydroxylation is 2. The van der Waals surface area contributed by atoms with Gasteiger partial charge in [-0.2, -0.15) is 0 Å². The van der Waals surface area contributed by atoms with E-state index in [0.29, 0.717) is 36.8 Å². The van der Waals surface area contributed by atoms with Gasteiger partial charge < -0.3 is 15.2 Å². The van der Waals surface area contributed by atoms with E-state index in [1.807, 2.05) is 42.5 Å². The monoisotopic (exact) mass is 450 g/mol. The zero-order valence-electron chi connectivity index (χ0n) is 19.0. The summed E-state index contributed by atoms with van der Waals surface area (Å²) >= 11 is 0. The third-order valence-electron chi connectivity index (χ3n) is 5.89. The fourth-order valence-electron chi connectivity index (χ4n) is 3.88. The number of nitrogens with one attached hydrogen (secondary N) is 1. The minimum atomic E-state index is -0.221. The van der Waals surface area contributed by atoms with Crippen molar-refractivity contribution in [3.63, 3.8) is 0 Å². The average Bonchev–Trinajstić information content (AvgIpc) is 3.27. The van der Waals surface area contributed by atoms with Gasteiger partial charge in [0.2, 0.25) is 5.88 Å². The zero-order valence-corrected chi connectivity index (χ0v) is 19.0. The Labute approximate surface area is 194 Å². The molecule has 0 bridgehead atoms. The Morgan fingerprint density at radius 1 is 1.09 bits per heavy atom. The summed E-state index contributed by atoms with van der Waals surface area (Å²) < 4.78 is 19.9. The summed E-state index contributed by atoms with van der Waals surface area (Å²) in [4.78, 5) is 9.09. The van der Waals surface area contributed by atoms with Crippen LogP contribution in [0.25, 0.3) is 11.1 Å². The Hall–Kier alpha value is -3.23. The fraction of sp³-hybridized carbons (Fsp3) is 0.360. The lowest BCUT2D eigenvalue weighted by molar-refractivity contribution is 0.157. The first kappa shape index (κ1) is 22.9. The minimum absolute atomic E-state index is 0.221. The van der Waals surface area contributed by atoms with Gasteiger partial charge in [0.15, 0.2) is 5.96 Å². The van der Waals surface area contributed by atoms with Crippen molar-refractivity contribution in [1.29, 1.82) is 0 Å². The molecule has 0 radical (unpaired) electrons. The number of hydrogen-bond acceptors (Lipinski definition) is 5. The molecule has 0 atom stereocenters. The average molecular weight is 451 g/mol. The number of piperazine rings is 1. The van der Waals surface area contributed by atoms with Gasteiger partial charge in [-0.15, -0.1) is 0 Å². The van der Waals surface area contributed by atoms with Gasteiger partial charge in [0.1, 0.15) is 5.82 Å². The van der Waals surface area contributed by atoms with E-state index in [4.69, 9.17) is 10.3 Å². The van der Waals surface area contributed by atoms with E-state index in [2.05, 4.69) is 32.3 Å². The van der Waals surface area contributed by atoms with Gasteiger partial charge in [0.05, 0.1) is 12.2 Å². The second-order valence-electron chi connectivity index (χ2n) is 8.40. The highest BCUT2D eigenvalue weighted by Crippen LogP contribution is 2.24. The molecule has 1 aliphatic heterocycles. The third kappa shape index (κ3) is 6.63. The summed E-state index contributed by atoms with van der Waals surface area (Å²) in [6, 6.07) is 16.7. The van der Waals surface area contributed by atoms with Crippen LogP contribution in [0.5, 0.6) is 0 Å². The van der Waals surface area contributed by atoms with Crippen molar-refractivity contribution in [2.45, 2.75) is 12.8 Å². The maximum Gasteiger partial charge on any atom is 0.231 e. The van der Waals surface area contributed by atoms with Gasteiger partial charge in [0.25, 0.3) is 0 Å². The van der Waals surface area contributed by atoms with Crippen molar-refractivity contribution in [2.24, 2.45) is 10.7 Å². The quantitative estimate of drug-likeness (QED) is 0.405. The summed E-state index contributed by atoms with van der Waals surface area (Å²) in [6.45, 7) is 5.81. The van der Waals surface area contributed by atoms with Crippen molar-refractivity contribution in [2.75, 3.05) is 51.6 Å². The number of benzene rings is 2. The zero-order chi connectivity index (χ0) is 23.0. The van der Waals surface area contributed by atoms with Crippen LogP contribution in [0, 0.1) is 5.82 Å². The topological polar surface area (TPSA) is 82.9 Å². The Balaban J connectivity index is 1.24. The van der Waals surface area contributed by atoms with Gasteiger partial charge in [-0.25, -0.2) is 4.39 Å². The molecule has 174 valence electrons. The molecule has 8 heteroatoms. The smallest absolute Gasteiger partial charge is 0.231 e. The van der Waals surface area contributed by atoms with Crippen LogP contribution in [0.4, 0.5) is 10.3 Å². The number of anilines is 1. The number of nitrogens with two attached hydrogens (primary N) is 1. The van der Waals surface area contributed by atoms with Crippen molar-refractivity contribution in [3.05, 3.63) is 71.7 Å². The highest BCUT2D eigenvalue weighted by Gasteiger charge is 2.13. The molecule has 0 unspecified atom stereocenters. The fourth-order valence-corrected chi connectivity index (χ4v) is 3.88. The van der Waals surface area contributed by atoms with Crippen molar-refractivity contribution < 1.29 is 8.91 Å². The van der Waals surface area contributed by atoms with E-state index in [1.165, 1.54) is 0 Å². The van der Waals surface area contributed by atoms with Gasteiger partial charge in [-0.05, 0) is 37.1 Å². The molecule has 0 aliphatic carbocycles. The number of nitrogens with zero attached hydrogens (tertiary/aromatic N) is 4. The van der Waals surface area contributed by atoms with E-state index in [9.17, 15) is 4.39 Å². The standard InChI is InChI=1S/C25H31FN6O/c1-31-13-15-32(16-14-31)12-11-28-25(27)29-24-18-21(30-33-24)9-7-19-8-10-22(23(26)17-19)20-5-3-2-4-6-20/h2-6,8,10,17-18H,7,9,11-16H2,1H3,(H3,27,28,29). The first-order valence-electron chi connectivity index (χ1n) is 11.3. The van der Waals surface area contributed by atoms with Gasteiger partial charge in [0, 0.05) is 44.4 Å². The largest absolute Gasteiger partial charge is 0.370 e. The van der Waals surface area contributed by atoms with E-state index in [1.54, 1.807) is 12.1 Å². The summed E-state index contributed by atoms with van der Waals surface area (Å²) in [5.41, 5.74) is 9.14. The predicted molar refractivity (Wildman–Crippen MR) is 130 cm³/mol. The highest BCUT2D eigenvalue weighted by molar-refractivity contribution is 5.90. The number of aliphatic imine (C=N–C) groups is 1. The van der Waals surface area contributed by atoms with Gasteiger partial charge >= 0.3 is 0 Å². The van der Waals surface area contributed by atoms with Gasteiger partial charge in [-0.1, -0.05) is 47.6 Å². The van der Waals surface area contributed by atoms with Crippen LogP contribution in [0.1, 0.15) is 11.3 Å². The number of rotatable bonds is 8. The van der Waals surface area contributed by atoms with Crippen LogP contribution in [-0.4, -0.2) is 67.2 Å². The Morgan fingerprint density at radius 2 is 1.88 bits per heavy atom. The van der Waals surface area contributed by atoms with Crippen LogP contribution < -0.4 is 11.1 Å². The molecule has 2 aromatic carbocycles. The lowest BCUT2D eigenvalue weighted by Gasteiger charge is -2.31. The molecule has 1 saturated heterocycles. The Morgan fingerprint density at radius 3 is 2.64 bits per heavy atom. The lowest BCUT2D eigenvalue weighted by atomic mass is 10.0. The molecule has 1 aliphatic rings. The van der Waals surface area contributed by atoms with E-state index < -0.39 is 0 Å². The molecule has 4 rings (SSSR count). The number of halogens is 1. The van der Waals surface area contributed by atoms with Crippen LogP contribution in [0.15, 0.2) is 64.1 Å². The molecular weight excluding hydrogens is 419 g/mol. The molecular formula is C25H31FN6O. The van der Waals surface area contributed by atoms with Crippen molar-refractivity contribution in [3.8, 4) is 11.1 Å². The minimum Gasteiger partial charge on any atom is -0.370 e. The van der Waals surface area contributed by atoms with E-state index in [-0.39, 0.29) is 5.82 Å². The Kier molecular flexibility index (Phi) is 7.70. The SMILES string of the molecule is CN1CCN(CCN=C(N)Nc2cc(CCc3ccc(-c4ccccc4)c(F)c3)no2)CC1. The molecule has 3 aromatic rings. The van der Waals surface area contributed by atoms with Crippen molar-refractivity contribution >= 4 is 11.8 Å². The molecule has 1 aromatic heterocycles. The second kappa shape index (κ2) is 11.1. The third-order valence-corrected chi connectivity index (χ3v) is 5.89. The van der Waals surface area contributed by atoms with Crippen LogP contribution in [-0.2, 0) is 12.8 Å². The normalized spacial score (nSPS) is 15.6. The molecule has 3 N–H and O–H groups in total.